The Hall–Kier alpha value is -2.29. The molecule has 3 rings (SSSR count). The number of hydrogen-bond acceptors (Lipinski definition) is 3. The van der Waals surface area contributed by atoms with E-state index in [0.717, 1.165) is 28.5 Å². The van der Waals surface area contributed by atoms with E-state index in [2.05, 4.69) is 19.9 Å². The zero-order chi connectivity index (χ0) is 15.1. The van der Waals surface area contributed by atoms with Gasteiger partial charge in [-0.2, -0.15) is 0 Å². The van der Waals surface area contributed by atoms with Gasteiger partial charge in [-0.05, 0) is 55.2 Å². The third kappa shape index (κ3) is 2.00. The minimum atomic E-state index is -0.269. The maximum atomic E-state index is 12.3. The number of aryl methyl sites for hydroxylation is 2. The summed E-state index contributed by atoms with van der Waals surface area (Å²) in [6.45, 7) is 6.19. The average Bonchev–Trinajstić information content (AvgIpc) is 2.47. The topological polar surface area (TPSA) is 39.4 Å². The quantitative estimate of drug-likeness (QED) is 0.524. The van der Waals surface area contributed by atoms with Crippen LogP contribution in [0.25, 0.3) is 21.7 Å². The first kappa shape index (κ1) is 13.7. The lowest BCUT2D eigenvalue weighted by atomic mass is 9.93. The summed E-state index contributed by atoms with van der Waals surface area (Å²) < 4.78 is 10.8. The number of fused-ring (bicyclic) bond motifs is 3. The van der Waals surface area contributed by atoms with Crippen LogP contribution in [-0.4, -0.2) is 7.11 Å². The average molecular weight is 282 g/mol. The predicted molar refractivity (Wildman–Crippen MR) is 85.4 cm³/mol. The highest BCUT2D eigenvalue weighted by molar-refractivity contribution is 6.06. The molecule has 0 unspecified atom stereocenters. The lowest BCUT2D eigenvalue weighted by Crippen LogP contribution is -2.05. The summed E-state index contributed by atoms with van der Waals surface area (Å²) in [7, 11) is 1.63. The third-order valence-corrected chi connectivity index (χ3v) is 4.17. The molecular weight excluding hydrogens is 264 g/mol. The fourth-order valence-corrected chi connectivity index (χ4v) is 3.13. The van der Waals surface area contributed by atoms with Crippen LogP contribution in [0, 0.1) is 13.8 Å². The Balaban J connectivity index is 2.57. The summed E-state index contributed by atoms with van der Waals surface area (Å²) in [5, 5.41) is 2.53. The van der Waals surface area contributed by atoms with Crippen LogP contribution in [0.2, 0.25) is 0 Å². The van der Waals surface area contributed by atoms with E-state index < -0.39 is 0 Å². The van der Waals surface area contributed by atoms with E-state index in [1.54, 1.807) is 19.2 Å². The molecule has 1 heterocycles. The van der Waals surface area contributed by atoms with Crippen LogP contribution < -0.4 is 10.4 Å². The van der Waals surface area contributed by atoms with E-state index in [9.17, 15) is 4.79 Å². The Bertz CT molecular complexity index is 904. The second kappa shape index (κ2) is 4.92. The molecule has 0 atom stereocenters. The summed E-state index contributed by atoms with van der Waals surface area (Å²) in [6.07, 6.45) is 0.906. The largest absolute Gasteiger partial charge is 0.497 e. The van der Waals surface area contributed by atoms with Crippen molar-refractivity contribution < 1.29 is 9.15 Å². The number of rotatable bonds is 2. The highest BCUT2D eigenvalue weighted by Crippen LogP contribution is 2.31. The monoisotopic (exact) mass is 282 g/mol. The van der Waals surface area contributed by atoms with Gasteiger partial charge in [-0.3, -0.25) is 0 Å². The Morgan fingerprint density at radius 1 is 1.14 bits per heavy atom. The second-order valence-corrected chi connectivity index (χ2v) is 5.32. The summed E-state index contributed by atoms with van der Waals surface area (Å²) in [5.41, 5.74) is 3.77. The molecule has 0 radical (unpaired) electrons. The first-order valence-corrected chi connectivity index (χ1v) is 7.10. The van der Waals surface area contributed by atoms with Gasteiger partial charge in [-0.15, -0.1) is 0 Å². The third-order valence-electron chi connectivity index (χ3n) is 4.17. The van der Waals surface area contributed by atoms with Crippen molar-refractivity contribution in [3.05, 3.63) is 51.4 Å². The number of hydrogen-bond donors (Lipinski definition) is 0. The lowest BCUT2D eigenvalue weighted by Gasteiger charge is -2.12. The Morgan fingerprint density at radius 2 is 1.90 bits per heavy atom. The summed E-state index contributed by atoms with van der Waals surface area (Å²) in [5.74, 6) is 0.757. The van der Waals surface area contributed by atoms with Crippen LogP contribution in [0.5, 0.6) is 5.75 Å². The SMILES string of the molecule is CCc1c(C)cc2c(c1C)c(=O)oc1ccc(OC)cc12. The van der Waals surface area contributed by atoms with Crippen molar-refractivity contribution in [1.82, 2.24) is 0 Å². The zero-order valence-electron chi connectivity index (χ0n) is 12.7. The molecule has 0 bridgehead atoms. The maximum Gasteiger partial charge on any atom is 0.344 e. The van der Waals surface area contributed by atoms with Crippen LogP contribution in [0.15, 0.2) is 33.5 Å². The van der Waals surface area contributed by atoms with Gasteiger partial charge < -0.3 is 9.15 Å². The van der Waals surface area contributed by atoms with E-state index in [1.165, 1.54) is 11.1 Å². The molecule has 0 aliphatic rings. The molecule has 0 N–H and O–H groups in total. The molecule has 0 saturated carbocycles. The smallest absolute Gasteiger partial charge is 0.344 e. The fraction of sp³-hybridized carbons (Fsp3) is 0.278. The highest BCUT2D eigenvalue weighted by Gasteiger charge is 2.14. The molecule has 2 aromatic carbocycles. The molecule has 0 aliphatic heterocycles. The van der Waals surface area contributed by atoms with E-state index >= 15 is 0 Å². The van der Waals surface area contributed by atoms with Gasteiger partial charge in [0.25, 0.3) is 0 Å². The second-order valence-electron chi connectivity index (χ2n) is 5.32. The van der Waals surface area contributed by atoms with Crippen LogP contribution in [0.3, 0.4) is 0 Å². The van der Waals surface area contributed by atoms with Gasteiger partial charge in [-0.1, -0.05) is 13.0 Å². The molecule has 0 spiro atoms. The van der Waals surface area contributed by atoms with Gasteiger partial charge in [0.2, 0.25) is 0 Å². The van der Waals surface area contributed by atoms with Crippen molar-refractivity contribution in [2.45, 2.75) is 27.2 Å². The van der Waals surface area contributed by atoms with Crippen LogP contribution in [0.1, 0.15) is 23.6 Å². The van der Waals surface area contributed by atoms with Crippen molar-refractivity contribution in [3.8, 4) is 5.75 Å². The molecule has 3 aromatic rings. The van der Waals surface area contributed by atoms with Crippen molar-refractivity contribution in [3.63, 3.8) is 0 Å². The number of methoxy groups -OCH3 is 1. The van der Waals surface area contributed by atoms with Gasteiger partial charge in [0.05, 0.1) is 12.5 Å². The molecular formula is C18H18O3. The Kier molecular flexibility index (Phi) is 3.20. The first-order chi connectivity index (χ1) is 10.1. The molecule has 3 heteroatoms. The summed E-state index contributed by atoms with van der Waals surface area (Å²) >= 11 is 0. The van der Waals surface area contributed by atoms with Gasteiger partial charge >= 0.3 is 5.63 Å². The molecule has 1 aromatic heterocycles. The minimum absolute atomic E-state index is 0.269. The van der Waals surface area contributed by atoms with E-state index in [1.807, 2.05) is 13.0 Å². The highest BCUT2D eigenvalue weighted by atomic mass is 16.5. The minimum Gasteiger partial charge on any atom is -0.497 e. The summed E-state index contributed by atoms with van der Waals surface area (Å²) in [4.78, 5) is 12.3. The van der Waals surface area contributed by atoms with E-state index in [4.69, 9.17) is 9.15 Å². The standard InChI is InChI=1S/C18H18O3/c1-5-13-10(2)8-15-14-9-12(20-4)6-7-16(14)21-18(19)17(15)11(13)3/h6-9H,5H2,1-4H3. The molecule has 0 amide bonds. The van der Waals surface area contributed by atoms with Crippen LogP contribution >= 0.6 is 0 Å². The number of ether oxygens (including phenoxy) is 1. The Morgan fingerprint density at radius 3 is 2.57 bits per heavy atom. The fourth-order valence-electron chi connectivity index (χ4n) is 3.13. The van der Waals surface area contributed by atoms with Gasteiger partial charge in [0, 0.05) is 10.8 Å². The Labute approximate surface area is 123 Å². The van der Waals surface area contributed by atoms with Crippen LogP contribution in [-0.2, 0) is 6.42 Å². The summed E-state index contributed by atoms with van der Waals surface area (Å²) in [6, 6.07) is 7.59. The predicted octanol–water partition coefficient (Wildman–Crippen LogP) is 4.13. The van der Waals surface area contributed by atoms with Gasteiger partial charge in [0.15, 0.2) is 0 Å². The lowest BCUT2D eigenvalue weighted by molar-refractivity contribution is 0.415. The van der Waals surface area contributed by atoms with Gasteiger partial charge in [-0.25, -0.2) is 4.79 Å². The first-order valence-electron chi connectivity index (χ1n) is 7.10. The van der Waals surface area contributed by atoms with Crippen molar-refractivity contribution in [2.24, 2.45) is 0 Å². The molecule has 0 fully saturated rings. The molecule has 3 nitrogen and oxygen atoms in total. The molecule has 108 valence electrons. The van der Waals surface area contributed by atoms with Crippen molar-refractivity contribution in [1.29, 1.82) is 0 Å². The normalized spacial score (nSPS) is 11.2. The van der Waals surface area contributed by atoms with Crippen LogP contribution in [0.4, 0.5) is 0 Å². The van der Waals surface area contributed by atoms with Crippen molar-refractivity contribution >= 4 is 21.7 Å². The number of benzene rings is 2. The molecule has 0 saturated heterocycles. The van der Waals surface area contributed by atoms with E-state index in [0.29, 0.717) is 11.0 Å². The van der Waals surface area contributed by atoms with Gasteiger partial charge in [0.1, 0.15) is 11.3 Å². The molecule has 21 heavy (non-hydrogen) atoms. The zero-order valence-corrected chi connectivity index (χ0v) is 12.7. The van der Waals surface area contributed by atoms with Crippen molar-refractivity contribution in [2.75, 3.05) is 7.11 Å². The maximum absolute atomic E-state index is 12.3. The molecule has 0 aliphatic carbocycles. The van der Waals surface area contributed by atoms with E-state index in [-0.39, 0.29) is 5.63 Å².